The van der Waals surface area contributed by atoms with E-state index in [1.165, 1.54) is 18.4 Å². The number of ketones is 1. The average Bonchev–Trinajstić information content (AvgIpc) is 2.59. The molecule has 88 valence electrons. The van der Waals surface area contributed by atoms with E-state index in [1.807, 2.05) is 0 Å². The molecular weight excluding hydrogens is 196 g/mol. The highest BCUT2D eigenvalue weighted by Crippen LogP contribution is 2.67. The summed E-state index contributed by atoms with van der Waals surface area (Å²) >= 11 is 0. The van der Waals surface area contributed by atoms with Crippen LogP contribution in [-0.2, 0) is 4.79 Å². The molecule has 3 saturated carbocycles. The molecule has 0 N–H and O–H groups in total. The maximum absolute atomic E-state index is 12.5. The fraction of sp³-hybridized carbons (Fsp3) is 0.800. The second kappa shape index (κ2) is 3.00. The first-order valence-electron chi connectivity index (χ1n) is 6.67. The Bertz CT molecular complexity index is 388. The molecule has 3 aliphatic rings. The van der Waals surface area contributed by atoms with E-state index in [4.69, 9.17) is 0 Å². The summed E-state index contributed by atoms with van der Waals surface area (Å²) in [5.74, 6) is 2.86. The molecule has 3 rings (SSSR count). The van der Waals surface area contributed by atoms with Crippen molar-refractivity contribution in [3.05, 3.63) is 11.1 Å². The van der Waals surface area contributed by atoms with Gasteiger partial charge in [-0.15, -0.1) is 0 Å². The second-order valence-corrected chi connectivity index (χ2v) is 6.70. The Hall–Kier alpha value is -0.590. The molecule has 1 nitrogen and oxygen atoms in total. The number of allylic oxidation sites excluding steroid dienone is 2. The lowest BCUT2D eigenvalue weighted by Gasteiger charge is -2.33. The van der Waals surface area contributed by atoms with Gasteiger partial charge in [-0.25, -0.2) is 0 Å². The Balaban J connectivity index is 2.14. The van der Waals surface area contributed by atoms with Crippen molar-refractivity contribution in [1.82, 2.24) is 0 Å². The zero-order chi connectivity index (χ0) is 11.7. The van der Waals surface area contributed by atoms with E-state index >= 15 is 0 Å². The number of rotatable bonds is 0. The highest BCUT2D eigenvalue weighted by atomic mass is 16.1. The fourth-order valence-electron chi connectivity index (χ4n) is 4.81. The Morgan fingerprint density at radius 2 is 1.94 bits per heavy atom. The zero-order valence-corrected chi connectivity index (χ0v) is 10.8. The van der Waals surface area contributed by atoms with Crippen LogP contribution in [0.4, 0.5) is 0 Å². The number of hydrogen-bond donors (Lipinski definition) is 0. The van der Waals surface area contributed by atoms with Crippen molar-refractivity contribution in [2.75, 3.05) is 0 Å². The van der Waals surface area contributed by atoms with Crippen LogP contribution in [0.15, 0.2) is 11.1 Å². The highest BCUT2D eigenvalue weighted by molar-refractivity contribution is 5.93. The summed E-state index contributed by atoms with van der Waals surface area (Å²) in [6.07, 6.45) is 3.61. The Morgan fingerprint density at radius 3 is 2.56 bits per heavy atom. The van der Waals surface area contributed by atoms with Gasteiger partial charge in [-0.3, -0.25) is 4.79 Å². The van der Waals surface area contributed by atoms with Crippen molar-refractivity contribution < 1.29 is 4.79 Å². The third kappa shape index (κ3) is 1.00. The summed E-state index contributed by atoms with van der Waals surface area (Å²) in [4.78, 5) is 12.5. The van der Waals surface area contributed by atoms with Crippen LogP contribution in [0.1, 0.15) is 47.0 Å². The van der Waals surface area contributed by atoms with Gasteiger partial charge in [-0.2, -0.15) is 0 Å². The topological polar surface area (TPSA) is 17.1 Å². The van der Waals surface area contributed by atoms with Crippen LogP contribution in [0.25, 0.3) is 0 Å². The quantitative estimate of drug-likeness (QED) is 0.568. The predicted molar refractivity (Wildman–Crippen MR) is 65.0 cm³/mol. The number of carbonyl (C=O) groups excluding carboxylic acids is 1. The molecule has 16 heavy (non-hydrogen) atoms. The lowest BCUT2D eigenvalue weighted by Crippen LogP contribution is -2.33. The van der Waals surface area contributed by atoms with Gasteiger partial charge in [-0.05, 0) is 50.9 Å². The van der Waals surface area contributed by atoms with Crippen molar-refractivity contribution in [2.45, 2.75) is 47.0 Å². The number of hydrogen-bond acceptors (Lipinski definition) is 1. The van der Waals surface area contributed by atoms with Crippen LogP contribution in [0.5, 0.6) is 0 Å². The van der Waals surface area contributed by atoms with Gasteiger partial charge in [0.25, 0.3) is 0 Å². The van der Waals surface area contributed by atoms with Crippen molar-refractivity contribution in [3.63, 3.8) is 0 Å². The molecule has 0 unspecified atom stereocenters. The van der Waals surface area contributed by atoms with Crippen molar-refractivity contribution >= 4 is 5.78 Å². The molecule has 3 fully saturated rings. The fourth-order valence-corrected chi connectivity index (χ4v) is 4.81. The average molecular weight is 218 g/mol. The van der Waals surface area contributed by atoms with Crippen LogP contribution in [-0.4, -0.2) is 5.78 Å². The maximum Gasteiger partial charge on any atom is 0.143 e. The largest absolute Gasteiger partial charge is 0.299 e. The molecule has 0 aromatic heterocycles. The minimum absolute atomic E-state index is 0.00664. The van der Waals surface area contributed by atoms with E-state index in [9.17, 15) is 4.79 Å². The van der Waals surface area contributed by atoms with E-state index in [-0.39, 0.29) is 5.41 Å². The Morgan fingerprint density at radius 1 is 1.25 bits per heavy atom. The zero-order valence-electron chi connectivity index (χ0n) is 10.8. The smallest absolute Gasteiger partial charge is 0.143 e. The minimum atomic E-state index is 0.00664. The van der Waals surface area contributed by atoms with Gasteiger partial charge in [0.1, 0.15) is 5.78 Å². The molecule has 5 atom stereocenters. The number of carbonyl (C=O) groups is 1. The first-order valence-corrected chi connectivity index (χ1v) is 6.67. The van der Waals surface area contributed by atoms with Crippen molar-refractivity contribution in [1.29, 1.82) is 0 Å². The predicted octanol–water partition coefficient (Wildman–Crippen LogP) is 3.59. The summed E-state index contributed by atoms with van der Waals surface area (Å²) in [6.45, 7) is 8.97. The van der Waals surface area contributed by atoms with Crippen LogP contribution in [0.3, 0.4) is 0 Å². The third-order valence-electron chi connectivity index (χ3n) is 5.65. The molecule has 0 aliphatic heterocycles. The van der Waals surface area contributed by atoms with Crippen LogP contribution >= 0.6 is 0 Å². The van der Waals surface area contributed by atoms with Crippen LogP contribution < -0.4 is 0 Å². The van der Waals surface area contributed by atoms with E-state index in [0.717, 1.165) is 6.42 Å². The lowest BCUT2D eigenvalue weighted by molar-refractivity contribution is -0.130. The van der Waals surface area contributed by atoms with Gasteiger partial charge in [0.05, 0.1) is 0 Å². The molecule has 0 radical (unpaired) electrons. The van der Waals surface area contributed by atoms with E-state index < -0.39 is 0 Å². The summed E-state index contributed by atoms with van der Waals surface area (Å²) in [5.41, 5.74) is 3.11. The molecule has 1 heteroatoms. The van der Waals surface area contributed by atoms with E-state index in [0.29, 0.717) is 29.5 Å². The molecule has 0 spiro atoms. The molecule has 0 aromatic rings. The third-order valence-corrected chi connectivity index (χ3v) is 5.65. The maximum atomic E-state index is 12.5. The van der Waals surface area contributed by atoms with Gasteiger partial charge >= 0.3 is 0 Å². The first-order chi connectivity index (χ1) is 7.47. The van der Waals surface area contributed by atoms with E-state index in [2.05, 4.69) is 27.7 Å². The number of Topliss-reactive ketones (excluding diaryl/α,β-unsaturated/α-hetero) is 1. The minimum Gasteiger partial charge on any atom is -0.299 e. The monoisotopic (exact) mass is 218 g/mol. The van der Waals surface area contributed by atoms with Gasteiger partial charge in [-0.1, -0.05) is 25.0 Å². The van der Waals surface area contributed by atoms with Crippen molar-refractivity contribution in [2.24, 2.45) is 29.1 Å². The lowest BCUT2D eigenvalue weighted by atomic mass is 9.70. The summed E-state index contributed by atoms with van der Waals surface area (Å²) in [5, 5.41) is 0. The summed E-state index contributed by atoms with van der Waals surface area (Å²) in [7, 11) is 0. The highest BCUT2D eigenvalue weighted by Gasteiger charge is 2.66. The van der Waals surface area contributed by atoms with Crippen LogP contribution in [0, 0.1) is 29.1 Å². The van der Waals surface area contributed by atoms with Crippen molar-refractivity contribution in [3.8, 4) is 0 Å². The molecule has 0 amide bonds. The van der Waals surface area contributed by atoms with E-state index in [1.54, 1.807) is 5.57 Å². The summed E-state index contributed by atoms with van der Waals surface area (Å²) < 4.78 is 0. The van der Waals surface area contributed by atoms with Gasteiger partial charge in [0.2, 0.25) is 0 Å². The molecule has 3 aliphatic carbocycles. The Labute approximate surface area is 98.3 Å². The Kier molecular flexibility index (Phi) is 1.98. The molecule has 0 saturated heterocycles. The summed E-state index contributed by atoms with van der Waals surface area (Å²) in [6, 6.07) is 0. The normalized spacial score (nSPS) is 50.0. The van der Waals surface area contributed by atoms with Crippen LogP contribution in [0.2, 0.25) is 0 Å². The molecule has 0 heterocycles. The molecule has 0 aromatic carbocycles. The first kappa shape index (κ1) is 10.6. The van der Waals surface area contributed by atoms with Gasteiger partial charge in [0, 0.05) is 11.3 Å². The SMILES string of the molecule is CC(C)=C1C[C@]2(C)C(=O)[C@@H]3[C@H]1[C@H]2CC[C@@H]3C. The van der Waals surface area contributed by atoms with Gasteiger partial charge in [0.15, 0.2) is 0 Å². The molecule has 4 bridgehead atoms. The standard InChI is InChI=1S/C15H22O/c1-8(2)10-7-15(4)11-6-5-9(3)12(13(10)11)14(15)16/h9,11-13H,5-7H2,1-4H3/t9-,11+,12-,13+,15-/m0/s1. The molecular formula is C15H22O. The van der Waals surface area contributed by atoms with Gasteiger partial charge < -0.3 is 0 Å². The second-order valence-electron chi connectivity index (χ2n) is 6.70.